The van der Waals surface area contributed by atoms with Gasteiger partial charge in [-0.15, -0.1) is 0 Å². The topological polar surface area (TPSA) is 26.0 Å². The van der Waals surface area contributed by atoms with Crippen molar-refractivity contribution in [2.24, 2.45) is 5.40 Å². The Morgan fingerprint density at radius 3 is 1.56 bits per heavy atom. The quantitative estimate of drug-likeness (QED) is 0.673. The van der Waals surface area contributed by atoms with Gasteiger partial charge in [0.05, 0.1) is 0 Å². The number of nitrogens with two attached hydrogens (primary N) is 1. The van der Waals surface area contributed by atoms with Gasteiger partial charge in [-0.05, 0) is 24.3 Å². The van der Waals surface area contributed by atoms with Crippen molar-refractivity contribution < 1.29 is 0 Å². The summed E-state index contributed by atoms with van der Waals surface area (Å²) in [5.74, 6) is 1.15. The maximum Gasteiger partial charge on any atom is 0.121 e. The average Bonchev–Trinajstić information content (AvgIpc) is 2.37. The second-order valence-electron chi connectivity index (χ2n) is 5.25. The first kappa shape index (κ1) is 13.5. The summed E-state index contributed by atoms with van der Waals surface area (Å²) >= 11 is 0. The molecule has 0 unspecified atom stereocenters. The third-order valence-electron chi connectivity index (χ3n) is 2.70. The van der Waals surface area contributed by atoms with E-state index in [1.54, 1.807) is 0 Å². The Hall–Kier alpha value is -0.953. The lowest BCUT2D eigenvalue weighted by Crippen LogP contribution is -2.44. The highest BCUT2D eigenvalue weighted by atomic mass is 31.1. The number of hydrogen-bond donors (Lipinski definition) is 1. The summed E-state index contributed by atoms with van der Waals surface area (Å²) in [5.41, 5.74) is 0. The van der Waals surface area contributed by atoms with E-state index < -0.39 is 8.24 Å². The van der Waals surface area contributed by atoms with Crippen LogP contribution in [0.15, 0.2) is 60.7 Å². The number of rotatable bonds is 4. The lowest BCUT2D eigenvalue weighted by atomic mass is 10.4. The van der Waals surface area contributed by atoms with Gasteiger partial charge in [0.25, 0.3) is 0 Å². The van der Waals surface area contributed by atoms with Crippen molar-refractivity contribution in [1.82, 2.24) is 0 Å². The van der Waals surface area contributed by atoms with Crippen LogP contribution in [0.3, 0.4) is 0 Å². The van der Waals surface area contributed by atoms with E-state index in [4.69, 9.17) is 5.40 Å². The Morgan fingerprint density at radius 2 is 1.22 bits per heavy atom. The fraction of sp³-hybridized carbons (Fsp3) is 0.200. The highest BCUT2D eigenvalue weighted by Crippen LogP contribution is 2.35. The summed E-state index contributed by atoms with van der Waals surface area (Å²) in [6.45, 7) is 4.49. The Labute approximate surface area is 112 Å². The zero-order valence-corrected chi connectivity index (χ0v) is 12.9. The first-order valence-electron chi connectivity index (χ1n) is 6.23. The molecule has 2 N–H and O–H groups in total. The normalized spacial score (nSPS) is 11.8. The molecular formula is C15H20NPSi. The van der Waals surface area contributed by atoms with E-state index in [0.717, 1.165) is 5.79 Å². The largest absolute Gasteiger partial charge is 0.351 e. The van der Waals surface area contributed by atoms with E-state index in [2.05, 4.69) is 73.8 Å². The van der Waals surface area contributed by atoms with Gasteiger partial charge in [-0.1, -0.05) is 73.8 Å². The van der Waals surface area contributed by atoms with Crippen LogP contribution >= 0.6 is 7.92 Å². The smallest absolute Gasteiger partial charge is 0.121 e. The number of hydrogen-bond acceptors (Lipinski definition) is 1. The summed E-state index contributed by atoms with van der Waals surface area (Å²) in [6.07, 6.45) is 0. The molecule has 0 spiro atoms. The molecule has 0 fully saturated rings. The monoisotopic (exact) mass is 273 g/mol. The maximum absolute atomic E-state index is 6.37. The van der Waals surface area contributed by atoms with E-state index in [1.807, 2.05) is 0 Å². The molecule has 0 amide bonds. The van der Waals surface area contributed by atoms with Gasteiger partial charge in [-0.2, -0.15) is 0 Å². The highest BCUT2D eigenvalue weighted by molar-refractivity contribution is 7.75. The minimum absolute atomic E-state index is 0.302. The third-order valence-corrected chi connectivity index (χ3v) is 9.07. The summed E-state index contributed by atoms with van der Waals surface area (Å²) in [4.78, 5) is 0. The molecule has 0 heterocycles. The summed E-state index contributed by atoms with van der Waals surface area (Å²) in [6, 6.07) is 21.6. The van der Waals surface area contributed by atoms with Crippen LogP contribution in [-0.4, -0.2) is 14.0 Å². The molecule has 18 heavy (non-hydrogen) atoms. The van der Waals surface area contributed by atoms with Crippen LogP contribution < -0.4 is 16.0 Å². The lowest BCUT2D eigenvalue weighted by molar-refractivity contribution is 1.55. The number of benzene rings is 2. The second-order valence-corrected chi connectivity index (χ2v) is 12.4. The van der Waals surface area contributed by atoms with Crippen LogP contribution in [-0.2, 0) is 0 Å². The molecule has 0 aliphatic carbocycles. The fourth-order valence-electron chi connectivity index (χ4n) is 1.96. The van der Waals surface area contributed by atoms with Gasteiger partial charge in [0.1, 0.15) is 8.24 Å². The van der Waals surface area contributed by atoms with Gasteiger partial charge < -0.3 is 5.40 Å². The minimum atomic E-state index is -1.56. The van der Waals surface area contributed by atoms with Gasteiger partial charge in [0.2, 0.25) is 0 Å². The molecule has 0 saturated heterocycles. The van der Waals surface area contributed by atoms with Crippen molar-refractivity contribution in [3.63, 3.8) is 0 Å². The van der Waals surface area contributed by atoms with E-state index in [9.17, 15) is 0 Å². The molecule has 94 valence electrons. The predicted molar refractivity (Wildman–Crippen MR) is 85.6 cm³/mol. The highest BCUT2D eigenvalue weighted by Gasteiger charge is 2.23. The molecule has 0 saturated carbocycles. The minimum Gasteiger partial charge on any atom is -0.351 e. The summed E-state index contributed by atoms with van der Waals surface area (Å²) in [7, 11) is -1.86. The van der Waals surface area contributed by atoms with Gasteiger partial charge >= 0.3 is 0 Å². The summed E-state index contributed by atoms with van der Waals surface area (Å²) < 4.78 is 0. The van der Waals surface area contributed by atoms with Crippen LogP contribution in [0.4, 0.5) is 0 Å². The zero-order chi connectivity index (χ0) is 13.0. The third kappa shape index (κ3) is 3.77. The average molecular weight is 273 g/mol. The van der Waals surface area contributed by atoms with Crippen LogP contribution in [0.5, 0.6) is 0 Å². The second kappa shape index (κ2) is 5.79. The molecule has 0 aliphatic heterocycles. The van der Waals surface area contributed by atoms with E-state index in [-0.39, 0.29) is 7.92 Å². The van der Waals surface area contributed by atoms with Crippen LogP contribution in [0.25, 0.3) is 0 Å². The first-order valence-corrected chi connectivity index (χ1v) is 11.0. The molecule has 0 atom stereocenters. The predicted octanol–water partition coefficient (Wildman–Crippen LogP) is 2.82. The van der Waals surface area contributed by atoms with Crippen LogP contribution in [0.1, 0.15) is 0 Å². The fourth-order valence-corrected chi connectivity index (χ4v) is 8.04. The van der Waals surface area contributed by atoms with Crippen molar-refractivity contribution >= 4 is 26.8 Å². The van der Waals surface area contributed by atoms with Crippen molar-refractivity contribution in [3.05, 3.63) is 60.7 Å². The SMILES string of the molecule is C[Si](C)(N)CP(c1ccccc1)c1ccccc1. The molecule has 2 rings (SSSR count). The molecule has 2 aromatic rings. The van der Waals surface area contributed by atoms with E-state index >= 15 is 0 Å². The van der Waals surface area contributed by atoms with Gasteiger partial charge in [0.15, 0.2) is 0 Å². The molecule has 0 radical (unpaired) electrons. The Morgan fingerprint density at radius 1 is 0.833 bits per heavy atom. The van der Waals surface area contributed by atoms with Crippen LogP contribution in [0.2, 0.25) is 13.1 Å². The first-order chi connectivity index (χ1) is 8.56. The van der Waals surface area contributed by atoms with Crippen LogP contribution in [0, 0.1) is 0 Å². The summed E-state index contributed by atoms with van der Waals surface area (Å²) in [5, 5.41) is 9.24. The lowest BCUT2D eigenvalue weighted by Gasteiger charge is -2.25. The molecule has 2 aromatic carbocycles. The van der Waals surface area contributed by atoms with E-state index in [1.165, 1.54) is 10.6 Å². The van der Waals surface area contributed by atoms with Gasteiger partial charge in [-0.25, -0.2) is 0 Å². The molecular weight excluding hydrogens is 253 g/mol. The van der Waals surface area contributed by atoms with Crippen molar-refractivity contribution in [1.29, 1.82) is 0 Å². The molecule has 1 nitrogen and oxygen atoms in total. The van der Waals surface area contributed by atoms with Crippen molar-refractivity contribution in [2.45, 2.75) is 13.1 Å². The molecule has 0 aliphatic rings. The van der Waals surface area contributed by atoms with Gasteiger partial charge in [0, 0.05) is 0 Å². The van der Waals surface area contributed by atoms with Crippen molar-refractivity contribution in [2.75, 3.05) is 5.79 Å². The Kier molecular flexibility index (Phi) is 4.34. The van der Waals surface area contributed by atoms with E-state index in [0.29, 0.717) is 0 Å². The van der Waals surface area contributed by atoms with Gasteiger partial charge in [-0.3, -0.25) is 0 Å². The molecule has 0 bridgehead atoms. The van der Waals surface area contributed by atoms with Crippen molar-refractivity contribution in [3.8, 4) is 0 Å². The maximum atomic E-state index is 6.37. The molecule has 3 heteroatoms. The standard InChI is InChI=1S/C15H20NPSi/c1-18(2,16)13-17(14-9-5-3-6-10-14)15-11-7-4-8-12-15/h3-12H,13,16H2,1-2H3. The Bertz CT molecular complexity index is 439. The zero-order valence-electron chi connectivity index (χ0n) is 11.0. The molecule has 0 aromatic heterocycles. The Balaban J connectivity index is 2.36.